The van der Waals surface area contributed by atoms with Crippen molar-refractivity contribution < 1.29 is 28.5 Å². The van der Waals surface area contributed by atoms with Gasteiger partial charge in [-0.15, -0.1) is 0 Å². The smallest absolute Gasteiger partial charge is 0.251 e. The molecule has 1 fully saturated rings. The predicted molar refractivity (Wildman–Crippen MR) is 159 cm³/mol. The van der Waals surface area contributed by atoms with Gasteiger partial charge in [-0.25, -0.2) is 0 Å². The second-order valence-electron chi connectivity index (χ2n) is 9.23. The Morgan fingerprint density at radius 3 is 2.14 bits per heavy atom. The van der Waals surface area contributed by atoms with Crippen molar-refractivity contribution in [2.45, 2.75) is 6.54 Å². The van der Waals surface area contributed by atoms with E-state index in [1.807, 2.05) is 36.4 Å². The molecule has 0 spiro atoms. The largest absolute Gasteiger partial charge is 0.497 e. The van der Waals surface area contributed by atoms with Crippen molar-refractivity contribution in [3.8, 4) is 11.5 Å². The maximum Gasteiger partial charge on any atom is 0.251 e. The molecule has 226 valence electrons. The van der Waals surface area contributed by atoms with Crippen molar-refractivity contribution in [1.29, 1.82) is 0 Å². The van der Waals surface area contributed by atoms with Crippen LogP contribution in [-0.4, -0.2) is 101 Å². The average Bonchev–Trinajstić information content (AvgIpc) is 3.05. The van der Waals surface area contributed by atoms with Gasteiger partial charge in [0.1, 0.15) is 11.5 Å². The van der Waals surface area contributed by atoms with Crippen molar-refractivity contribution in [3.63, 3.8) is 0 Å². The summed E-state index contributed by atoms with van der Waals surface area (Å²) in [5.41, 5.74) is 1.59. The van der Waals surface area contributed by atoms with Crippen molar-refractivity contribution in [3.05, 3.63) is 59.7 Å². The maximum absolute atomic E-state index is 12.0. The SMILES string of the molecule is COc1cc(CNc2nc(NCCOCCOCCNC(=O)c3ccccc3)nc(N3CCOCC3)n2)cc(OC)c1. The molecule has 0 saturated carbocycles. The molecule has 2 heterocycles. The fourth-order valence-electron chi connectivity index (χ4n) is 4.06. The summed E-state index contributed by atoms with van der Waals surface area (Å²) in [6.07, 6.45) is 0. The summed E-state index contributed by atoms with van der Waals surface area (Å²) < 4.78 is 27.4. The predicted octanol–water partition coefficient (Wildman–Crippen LogP) is 2.21. The quantitative estimate of drug-likeness (QED) is 0.201. The highest BCUT2D eigenvalue weighted by atomic mass is 16.5. The lowest BCUT2D eigenvalue weighted by atomic mass is 10.2. The third kappa shape index (κ3) is 10.0. The van der Waals surface area contributed by atoms with E-state index in [0.29, 0.717) is 107 Å². The Kier molecular flexibility index (Phi) is 12.4. The summed E-state index contributed by atoms with van der Waals surface area (Å²) in [4.78, 5) is 27.9. The van der Waals surface area contributed by atoms with Gasteiger partial charge in [-0.2, -0.15) is 15.0 Å². The number of hydrogen-bond acceptors (Lipinski definition) is 12. The van der Waals surface area contributed by atoms with E-state index in [0.717, 1.165) is 5.56 Å². The van der Waals surface area contributed by atoms with Gasteiger partial charge < -0.3 is 44.5 Å². The van der Waals surface area contributed by atoms with E-state index in [1.165, 1.54) is 0 Å². The lowest BCUT2D eigenvalue weighted by Crippen LogP contribution is -2.37. The number of nitrogens with zero attached hydrogens (tertiary/aromatic N) is 4. The van der Waals surface area contributed by atoms with E-state index in [4.69, 9.17) is 23.7 Å². The number of morpholine rings is 1. The number of anilines is 3. The van der Waals surface area contributed by atoms with Gasteiger partial charge in [0.05, 0.1) is 53.9 Å². The molecule has 1 aliphatic heterocycles. The number of aromatic nitrogens is 3. The summed E-state index contributed by atoms with van der Waals surface area (Å²) in [5.74, 6) is 2.78. The van der Waals surface area contributed by atoms with E-state index in [2.05, 4.69) is 35.8 Å². The Balaban J connectivity index is 1.20. The van der Waals surface area contributed by atoms with E-state index >= 15 is 0 Å². The van der Waals surface area contributed by atoms with Gasteiger partial charge in [-0.1, -0.05) is 18.2 Å². The first-order valence-electron chi connectivity index (χ1n) is 13.9. The highest BCUT2D eigenvalue weighted by Gasteiger charge is 2.17. The Labute approximate surface area is 245 Å². The number of ether oxygens (including phenoxy) is 5. The molecule has 0 bridgehead atoms. The average molecular weight is 582 g/mol. The normalized spacial score (nSPS) is 13.0. The van der Waals surface area contributed by atoms with Crippen molar-refractivity contribution >= 4 is 23.8 Å². The zero-order chi connectivity index (χ0) is 29.4. The Morgan fingerprint density at radius 2 is 1.48 bits per heavy atom. The highest BCUT2D eigenvalue weighted by Crippen LogP contribution is 2.23. The first-order valence-corrected chi connectivity index (χ1v) is 13.9. The molecule has 1 aromatic heterocycles. The minimum atomic E-state index is -0.115. The first-order chi connectivity index (χ1) is 20.6. The van der Waals surface area contributed by atoms with Crippen LogP contribution in [0.25, 0.3) is 0 Å². The maximum atomic E-state index is 12.0. The molecule has 1 saturated heterocycles. The monoisotopic (exact) mass is 581 g/mol. The van der Waals surface area contributed by atoms with Gasteiger partial charge in [0.15, 0.2) is 0 Å². The minimum absolute atomic E-state index is 0.115. The molecule has 3 aromatic rings. The number of amides is 1. The molecule has 0 radical (unpaired) electrons. The molecule has 0 aliphatic carbocycles. The molecule has 1 aliphatic rings. The molecular formula is C29H39N7O6. The molecule has 13 nitrogen and oxygen atoms in total. The number of nitrogens with one attached hydrogen (secondary N) is 3. The molecule has 2 aromatic carbocycles. The van der Waals surface area contributed by atoms with Crippen LogP contribution in [-0.2, 0) is 20.8 Å². The number of benzene rings is 2. The van der Waals surface area contributed by atoms with Crippen LogP contribution in [0.4, 0.5) is 17.8 Å². The number of methoxy groups -OCH3 is 2. The Hall–Kier alpha value is -4.20. The fraction of sp³-hybridized carbons (Fsp3) is 0.448. The van der Waals surface area contributed by atoms with E-state index in [1.54, 1.807) is 26.4 Å². The third-order valence-electron chi connectivity index (χ3n) is 6.25. The lowest BCUT2D eigenvalue weighted by molar-refractivity contribution is 0.0519. The number of carbonyl (C=O) groups excluding carboxylic acids is 1. The van der Waals surface area contributed by atoms with Crippen LogP contribution in [0.1, 0.15) is 15.9 Å². The molecule has 3 N–H and O–H groups in total. The summed E-state index contributed by atoms with van der Waals surface area (Å²) in [5, 5.41) is 9.34. The van der Waals surface area contributed by atoms with Crippen LogP contribution < -0.4 is 30.3 Å². The standard InChI is InChI=1S/C29H39N7O6/c1-38-24-18-22(19-25(20-24)39-2)21-32-28-33-27(34-29(35-28)36-10-14-42-15-11-36)31-9-13-41-17-16-40-12-8-30-26(37)23-6-4-3-5-7-23/h3-7,18-20H,8-17,21H2,1-2H3,(H,30,37)(H2,31,32,33,34,35). The minimum Gasteiger partial charge on any atom is -0.497 e. The second-order valence-corrected chi connectivity index (χ2v) is 9.23. The molecular weight excluding hydrogens is 542 g/mol. The van der Waals surface area contributed by atoms with Crippen LogP contribution >= 0.6 is 0 Å². The zero-order valence-corrected chi connectivity index (χ0v) is 24.1. The highest BCUT2D eigenvalue weighted by molar-refractivity contribution is 5.94. The van der Waals surface area contributed by atoms with Crippen LogP contribution in [0.5, 0.6) is 11.5 Å². The summed E-state index contributed by atoms with van der Waals surface area (Å²) >= 11 is 0. The van der Waals surface area contributed by atoms with Crippen molar-refractivity contribution in [2.75, 3.05) is 95.6 Å². The van der Waals surface area contributed by atoms with E-state index in [9.17, 15) is 4.79 Å². The van der Waals surface area contributed by atoms with Gasteiger partial charge in [0.25, 0.3) is 5.91 Å². The van der Waals surface area contributed by atoms with Crippen LogP contribution in [0.15, 0.2) is 48.5 Å². The van der Waals surface area contributed by atoms with Crippen LogP contribution in [0.3, 0.4) is 0 Å². The van der Waals surface area contributed by atoms with Gasteiger partial charge in [-0.05, 0) is 29.8 Å². The molecule has 0 unspecified atom stereocenters. The topological polar surface area (TPSA) is 141 Å². The van der Waals surface area contributed by atoms with Gasteiger partial charge in [0.2, 0.25) is 17.8 Å². The van der Waals surface area contributed by atoms with Crippen molar-refractivity contribution in [2.24, 2.45) is 0 Å². The molecule has 42 heavy (non-hydrogen) atoms. The van der Waals surface area contributed by atoms with Gasteiger partial charge in [-0.3, -0.25) is 4.79 Å². The molecule has 4 rings (SSSR count). The van der Waals surface area contributed by atoms with E-state index < -0.39 is 0 Å². The van der Waals surface area contributed by atoms with Crippen LogP contribution in [0, 0.1) is 0 Å². The lowest BCUT2D eigenvalue weighted by Gasteiger charge is -2.27. The molecule has 0 atom stereocenters. The summed E-state index contributed by atoms with van der Waals surface area (Å²) in [7, 11) is 3.24. The molecule has 1 amide bonds. The Bertz CT molecular complexity index is 1220. The summed E-state index contributed by atoms with van der Waals surface area (Å²) in [6.45, 7) is 5.77. The van der Waals surface area contributed by atoms with Crippen molar-refractivity contribution in [1.82, 2.24) is 20.3 Å². The number of carbonyl (C=O) groups is 1. The first kappa shape index (κ1) is 30.8. The zero-order valence-electron chi connectivity index (χ0n) is 24.1. The summed E-state index contributed by atoms with van der Waals surface area (Å²) in [6, 6.07) is 14.8. The van der Waals surface area contributed by atoms with Gasteiger partial charge in [0, 0.05) is 44.4 Å². The number of hydrogen-bond donors (Lipinski definition) is 3. The fourth-order valence-corrected chi connectivity index (χ4v) is 4.06. The second kappa shape index (κ2) is 16.9. The third-order valence-corrected chi connectivity index (χ3v) is 6.25. The van der Waals surface area contributed by atoms with Crippen LogP contribution in [0.2, 0.25) is 0 Å². The molecule has 13 heteroatoms. The van der Waals surface area contributed by atoms with E-state index in [-0.39, 0.29) is 5.91 Å². The van der Waals surface area contributed by atoms with Gasteiger partial charge >= 0.3 is 0 Å². The Morgan fingerprint density at radius 1 is 0.833 bits per heavy atom. The number of rotatable bonds is 17.